The van der Waals surface area contributed by atoms with Gasteiger partial charge in [0, 0.05) is 6.20 Å². The summed E-state index contributed by atoms with van der Waals surface area (Å²) in [6.45, 7) is 4.89. The summed E-state index contributed by atoms with van der Waals surface area (Å²) >= 11 is 0. The molecule has 106 valence electrons. The van der Waals surface area contributed by atoms with Crippen LogP contribution in [0.25, 0.3) is 0 Å². The summed E-state index contributed by atoms with van der Waals surface area (Å²) in [5.74, 6) is 2.19. The minimum absolute atomic E-state index is 0.428. The molecule has 0 aliphatic carbocycles. The second-order valence-corrected chi connectivity index (χ2v) is 4.78. The molecule has 1 aliphatic heterocycles. The Morgan fingerprint density at radius 3 is 2.68 bits per heavy atom. The van der Waals surface area contributed by atoms with Gasteiger partial charge in [-0.2, -0.15) is 0 Å². The summed E-state index contributed by atoms with van der Waals surface area (Å²) in [7, 11) is 0. The van der Waals surface area contributed by atoms with Crippen LogP contribution in [0.5, 0.6) is 0 Å². The van der Waals surface area contributed by atoms with E-state index < -0.39 is 30.5 Å². The summed E-state index contributed by atoms with van der Waals surface area (Å²) < 4.78 is 38.3. The van der Waals surface area contributed by atoms with Crippen LogP contribution in [-0.4, -0.2) is 29.6 Å². The maximum atomic E-state index is 13.6. The third kappa shape index (κ3) is 3.54. The fraction of sp³-hybridized carbons (Fsp3) is 0.571. The van der Waals surface area contributed by atoms with Crippen molar-refractivity contribution in [2.45, 2.75) is 45.3 Å². The highest BCUT2D eigenvalue weighted by molar-refractivity contribution is 5.29. The van der Waals surface area contributed by atoms with E-state index >= 15 is 0 Å². The van der Waals surface area contributed by atoms with Crippen molar-refractivity contribution in [2.24, 2.45) is 0 Å². The smallest absolute Gasteiger partial charge is 0.250 e. The van der Waals surface area contributed by atoms with Crippen LogP contribution in [0, 0.1) is 12.3 Å². The first-order valence-corrected chi connectivity index (χ1v) is 6.17. The van der Waals surface area contributed by atoms with Gasteiger partial charge in [-0.3, -0.25) is 5.32 Å². The SMILES string of the molecule is C#CC(C)(CC)N1C=C(F)C=C(C)C1NCC(F)F. The van der Waals surface area contributed by atoms with Gasteiger partial charge >= 0.3 is 0 Å². The molecule has 0 bridgehead atoms. The van der Waals surface area contributed by atoms with Gasteiger partial charge in [0.1, 0.15) is 12.0 Å². The lowest BCUT2D eigenvalue weighted by molar-refractivity contribution is 0.104. The molecule has 0 saturated carbocycles. The Morgan fingerprint density at radius 2 is 2.21 bits per heavy atom. The second-order valence-electron chi connectivity index (χ2n) is 4.78. The highest BCUT2D eigenvalue weighted by atomic mass is 19.3. The van der Waals surface area contributed by atoms with Crippen molar-refractivity contribution >= 4 is 0 Å². The van der Waals surface area contributed by atoms with E-state index in [1.54, 1.807) is 18.7 Å². The topological polar surface area (TPSA) is 15.3 Å². The molecule has 0 aromatic carbocycles. The molecular weight excluding hydrogens is 253 g/mol. The summed E-state index contributed by atoms with van der Waals surface area (Å²) in [5, 5.41) is 2.72. The molecule has 0 saturated heterocycles. The number of nitrogens with one attached hydrogen (secondary N) is 1. The van der Waals surface area contributed by atoms with Crippen LogP contribution in [0.3, 0.4) is 0 Å². The third-order valence-electron chi connectivity index (χ3n) is 3.37. The molecule has 1 heterocycles. The molecule has 19 heavy (non-hydrogen) atoms. The number of allylic oxidation sites excluding steroid dienone is 2. The minimum Gasteiger partial charge on any atom is -0.339 e. The summed E-state index contributed by atoms with van der Waals surface area (Å²) in [6.07, 6.45) is 5.71. The largest absolute Gasteiger partial charge is 0.339 e. The molecule has 0 fully saturated rings. The standard InChI is InChI=1S/C14H19F3N2/c1-5-14(4,6-2)19-9-11(15)7-10(3)13(19)18-8-12(16)17/h1,7,9,12-13,18H,6,8H2,2-4H3. The molecule has 0 aromatic heterocycles. The van der Waals surface area contributed by atoms with Crippen molar-refractivity contribution in [3.8, 4) is 12.3 Å². The number of alkyl halides is 2. The first-order valence-electron chi connectivity index (χ1n) is 6.17. The van der Waals surface area contributed by atoms with Crippen LogP contribution >= 0.6 is 0 Å². The molecule has 0 spiro atoms. The van der Waals surface area contributed by atoms with Crippen LogP contribution in [-0.2, 0) is 0 Å². The Balaban J connectivity index is 3.03. The fourth-order valence-corrected chi connectivity index (χ4v) is 2.01. The average Bonchev–Trinajstić information content (AvgIpc) is 2.35. The molecule has 2 unspecified atom stereocenters. The number of rotatable bonds is 5. The molecule has 0 amide bonds. The number of hydrogen-bond donors (Lipinski definition) is 1. The van der Waals surface area contributed by atoms with E-state index in [2.05, 4.69) is 11.2 Å². The number of hydrogen-bond acceptors (Lipinski definition) is 2. The van der Waals surface area contributed by atoms with Crippen molar-refractivity contribution in [2.75, 3.05) is 6.54 Å². The van der Waals surface area contributed by atoms with Crippen LogP contribution < -0.4 is 5.32 Å². The van der Waals surface area contributed by atoms with Gasteiger partial charge in [-0.1, -0.05) is 12.8 Å². The molecule has 1 rings (SSSR count). The molecule has 2 atom stereocenters. The van der Waals surface area contributed by atoms with E-state index in [1.807, 2.05) is 6.92 Å². The van der Waals surface area contributed by atoms with Gasteiger partial charge in [-0.05, 0) is 31.9 Å². The van der Waals surface area contributed by atoms with Crippen molar-refractivity contribution < 1.29 is 13.2 Å². The minimum atomic E-state index is -2.47. The van der Waals surface area contributed by atoms with Crippen LogP contribution in [0.1, 0.15) is 27.2 Å². The molecular formula is C14H19F3N2. The van der Waals surface area contributed by atoms with E-state index in [9.17, 15) is 13.2 Å². The average molecular weight is 272 g/mol. The number of terminal acetylenes is 1. The first-order chi connectivity index (χ1) is 8.84. The van der Waals surface area contributed by atoms with Gasteiger partial charge in [0.25, 0.3) is 6.43 Å². The number of nitrogens with zero attached hydrogens (tertiary/aromatic N) is 1. The first kappa shape index (κ1) is 15.6. The zero-order chi connectivity index (χ0) is 14.6. The fourth-order valence-electron chi connectivity index (χ4n) is 2.01. The Hall–Kier alpha value is -1.41. The Bertz CT molecular complexity index is 423. The van der Waals surface area contributed by atoms with Crippen molar-refractivity contribution in [3.05, 3.63) is 23.7 Å². The van der Waals surface area contributed by atoms with Crippen LogP contribution in [0.15, 0.2) is 23.7 Å². The van der Waals surface area contributed by atoms with Crippen molar-refractivity contribution in [1.82, 2.24) is 10.2 Å². The van der Waals surface area contributed by atoms with E-state index in [0.717, 1.165) is 0 Å². The van der Waals surface area contributed by atoms with Gasteiger partial charge in [-0.25, -0.2) is 13.2 Å². The lowest BCUT2D eigenvalue weighted by Gasteiger charge is -2.44. The van der Waals surface area contributed by atoms with Gasteiger partial charge in [0.05, 0.1) is 12.1 Å². The Kier molecular flexibility index (Phi) is 5.07. The Labute approximate surface area is 112 Å². The zero-order valence-corrected chi connectivity index (χ0v) is 11.4. The molecule has 2 nitrogen and oxygen atoms in total. The summed E-state index contributed by atoms with van der Waals surface area (Å²) in [6, 6.07) is 0. The normalized spacial score (nSPS) is 22.6. The Morgan fingerprint density at radius 1 is 1.58 bits per heavy atom. The molecule has 1 N–H and O–H groups in total. The number of halogens is 3. The zero-order valence-electron chi connectivity index (χ0n) is 11.4. The molecule has 0 aromatic rings. The summed E-state index contributed by atoms with van der Waals surface area (Å²) in [4.78, 5) is 1.60. The monoisotopic (exact) mass is 272 g/mol. The predicted molar refractivity (Wildman–Crippen MR) is 70.1 cm³/mol. The van der Waals surface area contributed by atoms with Crippen LogP contribution in [0.2, 0.25) is 0 Å². The van der Waals surface area contributed by atoms with E-state index in [1.165, 1.54) is 12.3 Å². The van der Waals surface area contributed by atoms with Gasteiger partial charge in [0.2, 0.25) is 0 Å². The highest BCUT2D eigenvalue weighted by Gasteiger charge is 2.34. The van der Waals surface area contributed by atoms with E-state index in [-0.39, 0.29) is 0 Å². The van der Waals surface area contributed by atoms with E-state index in [4.69, 9.17) is 6.42 Å². The van der Waals surface area contributed by atoms with Crippen molar-refractivity contribution in [1.29, 1.82) is 0 Å². The molecule has 5 heteroatoms. The lowest BCUT2D eigenvalue weighted by atomic mass is 9.94. The lowest BCUT2D eigenvalue weighted by Crippen LogP contribution is -2.55. The molecule has 1 aliphatic rings. The predicted octanol–water partition coefficient (Wildman–Crippen LogP) is 3.04. The van der Waals surface area contributed by atoms with Gasteiger partial charge < -0.3 is 4.90 Å². The van der Waals surface area contributed by atoms with Crippen LogP contribution in [0.4, 0.5) is 13.2 Å². The maximum Gasteiger partial charge on any atom is 0.250 e. The quantitative estimate of drug-likeness (QED) is 0.774. The maximum absolute atomic E-state index is 13.6. The third-order valence-corrected chi connectivity index (χ3v) is 3.37. The van der Waals surface area contributed by atoms with Gasteiger partial charge in [0.15, 0.2) is 0 Å². The molecule has 0 radical (unpaired) electrons. The van der Waals surface area contributed by atoms with Crippen molar-refractivity contribution in [3.63, 3.8) is 0 Å². The van der Waals surface area contributed by atoms with E-state index in [0.29, 0.717) is 12.0 Å². The summed E-state index contributed by atoms with van der Waals surface area (Å²) in [5.41, 5.74) is -0.109. The second kappa shape index (κ2) is 6.16. The van der Waals surface area contributed by atoms with Gasteiger partial charge in [-0.15, -0.1) is 6.42 Å². The highest BCUT2D eigenvalue weighted by Crippen LogP contribution is 2.29.